The van der Waals surface area contributed by atoms with Crippen molar-refractivity contribution in [3.63, 3.8) is 0 Å². The molecule has 0 aromatic rings. The van der Waals surface area contributed by atoms with Crippen LogP contribution in [0.3, 0.4) is 0 Å². The highest BCUT2D eigenvalue weighted by molar-refractivity contribution is 5.74. The van der Waals surface area contributed by atoms with Crippen molar-refractivity contribution < 1.29 is 14.3 Å². The number of methoxy groups -OCH3 is 1. The maximum atomic E-state index is 11.3. The van der Waals surface area contributed by atoms with E-state index in [1.807, 2.05) is 0 Å². The molecule has 4 heteroatoms. The number of esters is 1. The molecule has 0 saturated carbocycles. The molecule has 2 fully saturated rings. The zero-order valence-corrected chi connectivity index (χ0v) is 8.54. The number of nitrogens with one attached hydrogen (secondary N) is 1. The molecule has 80 valence electrons. The summed E-state index contributed by atoms with van der Waals surface area (Å²) in [5.41, 5.74) is -0.0862. The zero-order valence-electron chi connectivity index (χ0n) is 8.54. The third-order valence-electron chi connectivity index (χ3n) is 3.16. The minimum Gasteiger partial charge on any atom is -0.467 e. The monoisotopic (exact) mass is 199 g/mol. The fourth-order valence-corrected chi connectivity index (χ4v) is 2.36. The Labute approximate surface area is 84.0 Å². The van der Waals surface area contributed by atoms with Crippen LogP contribution in [0.25, 0.3) is 0 Å². The van der Waals surface area contributed by atoms with Crippen LogP contribution in [0, 0.1) is 0 Å². The molecule has 2 unspecified atom stereocenters. The predicted molar refractivity (Wildman–Crippen MR) is 51.0 cm³/mol. The van der Waals surface area contributed by atoms with Gasteiger partial charge in [-0.3, -0.25) is 0 Å². The zero-order chi connectivity index (χ0) is 10.0. The second kappa shape index (κ2) is 3.87. The van der Waals surface area contributed by atoms with Crippen LogP contribution in [-0.4, -0.2) is 37.9 Å². The SMILES string of the molecule is COC(=O)C1CCCC2(CCNC2)O1. The minimum atomic E-state index is -0.339. The van der Waals surface area contributed by atoms with Crippen molar-refractivity contribution in [2.45, 2.75) is 37.4 Å². The molecule has 1 spiro atoms. The molecule has 4 nitrogen and oxygen atoms in total. The number of carbonyl (C=O) groups excluding carboxylic acids is 1. The Kier molecular flexibility index (Phi) is 2.74. The molecule has 2 rings (SSSR count). The van der Waals surface area contributed by atoms with Crippen LogP contribution < -0.4 is 5.32 Å². The lowest BCUT2D eigenvalue weighted by Gasteiger charge is -2.36. The van der Waals surface area contributed by atoms with E-state index in [0.29, 0.717) is 0 Å². The second-order valence-corrected chi connectivity index (χ2v) is 4.13. The van der Waals surface area contributed by atoms with E-state index in [1.165, 1.54) is 7.11 Å². The average Bonchev–Trinajstić information content (AvgIpc) is 2.65. The van der Waals surface area contributed by atoms with Gasteiger partial charge in [-0.15, -0.1) is 0 Å². The molecule has 14 heavy (non-hydrogen) atoms. The van der Waals surface area contributed by atoms with E-state index in [4.69, 9.17) is 9.47 Å². The van der Waals surface area contributed by atoms with E-state index in [9.17, 15) is 4.79 Å². The summed E-state index contributed by atoms with van der Waals surface area (Å²) in [5.74, 6) is -0.226. The first-order valence-electron chi connectivity index (χ1n) is 5.22. The Bertz CT molecular complexity index is 223. The first-order chi connectivity index (χ1) is 6.76. The summed E-state index contributed by atoms with van der Waals surface area (Å²) < 4.78 is 10.6. The predicted octanol–water partition coefficient (Wildman–Crippen LogP) is 0.461. The van der Waals surface area contributed by atoms with Gasteiger partial charge in [-0.05, 0) is 32.2 Å². The molecular formula is C10H17NO3. The molecule has 2 atom stereocenters. The Hall–Kier alpha value is -0.610. The molecule has 0 aromatic carbocycles. The molecule has 0 aromatic heterocycles. The van der Waals surface area contributed by atoms with E-state index in [0.717, 1.165) is 38.8 Å². The molecule has 2 aliphatic rings. The summed E-state index contributed by atoms with van der Waals surface area (Å²) in [6, 6.07) is 0. The maximum Gasteiger partial charge on any atom is 0.335 e. The first-order valence-corrected chi connectivity index (χ1v) is 5.22. The first kappa shape index (κ1) is 9.93. The van der Waals surface area contributed by atoms with Crippen molar-refractivity contribution in [2.75, 3.05) is 20.2 Å². The highest BCUT2D eigenvalue weighted by Gasteiger charge is 2.42. The van der Waals surface area contributed by atoms with Crippen LogP contribution in [-0.2, 0) is 14.3 Å². The average molecular weight is 199 g/mol. The fourth-order valence-electron chi connectivity index (χ4n) is 2.36. The number of ether oxygens (including phenoxy) is 2. The second-order valence-electron chi connectivity index (χ2n) is 4.13. The lowest BCUT2D eigenvalue weighted by Crippen LogP contribution is -2.45. The van der Waals surface area contributed by atoms with Crippen molar-refractivity contribution in [3.05, 3.63) is 0 Å². The quantitative estimate of drug-likeness (QED) is 0.623. The number of hydrogen-bond acceptors (Lipinski definition) is 4. The number of hydrogen-bond donors (Lipinski definition) is 1. The van der Waals surface area contributed by atoms with E-state index in [-0.39, 0.29) is 17.7 Å². The summed E-state index contributed by atoms with van der Waals surface area (Å²) >= 11 is 0. The summed E-state index contributed by atoms with van der Waals surface area (Å²) in [6.45, 7) is 1.87. The Balaban J connectivity index is 1.99. The van der Waals surface area contributed by atoms with Gasteiger partial charge < -0.3 is 14.8 Å². The summed E-state index contributed by atoms with van der Waals surface area (Å²) in [4.78, 5) is 11.3. The van der Waals surface area contributed by atoms with E-state index in [1.54, 1.807) is 0 Å². The highest BCUT2D eigenvalue weighted by atomic mass is 16.6. The standard InChI is InChI=1S/C10H17NO3/c1-13-9(12)8-3-2-4-10(14-8)5-6-11-7-10/h8,11H,2-7H2,1H3. The van der Waals surface area contributed by atoms with Gasteiger partial charge >= 0.3 is 5.97 Å². The summed E-state index contributed by atoms with van der Waals surface area (Å²) in [6.07, 6.45) is 3.60. The van der Waals surface area contributed by atoms with Crippen LogP contribution in [0.1, 0.15) is 25.7 Å². The van der Waals surface area contributed by atoms with Gasteiger partial charge in [0.1, 0.15) is 0 Å². The Morgan fingerprint density at radius 2 is 2.43 bits per heavy atom. The highest BCUT2D eigenvalue weighted by Crippen LogP contribution is 2.33. The van der Waals surface area contributed by atoms with Gasteiger partial charge in [-0.1, -0.05) is 0 Å². The van der Waals surface area contributed by atoms with E-state index in [2.05, 4.69) is 5.32 Å². The van der Waals surface area contributed by atoms with Crippen molar-refractivity contribution in [1.82, 2.24) is 5.32 Å². The van der Waals surface area contributed by atoms with Gasteiger partial charge in [0.15, 0.2) is 6.10 Å². The Morgan fingerprint density at radius 3 is 3.07 bits per heavy atom. The lowest BCUT2D eigenvalue weighted by molar-refractivity contribution is -0.175. The lowest BCUT2D eigenvalue weighted by atomic mass is 9.91. The summed E-state index contributed by atoms with van der Waals surface area (Å²) in [5, 5.41) is 3.28. The van der Waals surface area contributed by atoms with Gasteiger partial charge in [0.05, 0.1) is 12.7 Å². The molecule has 2 saturated heterocycles. The van der Waals surface area contributed by atoms with Crippen LogP contribution in [0.4, 0.5) is 0 Å². The van der Waals surface area contributed by atoms with Crippen LogP contribution >= 0.6 is 0 Å². The topological polar surface area (TPSA) is 47.6 Å². The summed E-state index contributed by atoms with van der Waals surface area (Å²) in [7, 11) is 1.42. The van der Waals surface area contributed by atoms with Gasteiger partial charge in [0.2, 0.25) is 0 Å². The smallest absolute Gasteiger partial charge is 0.335 e. The van der Waals surface area contributed by atoms with Gasteiger partial charge in [0, 0.05) is 6.54 Å². The maximum absolute atomic E-state index is 11.3. The van der Waals surface area contributed by atoms with Gasteiger partial charge in [-0.25, -0.2) is 4.79 Å². The van der Waals surface area contributed by atoms with Crippen LogP contribution in [0.15, 0.2) is 0 Å². The molecule has 0 bridgehead atoms. The normalized spacial score (nSPS) is 37.4. The van der Waals surface area contributed by atoms with E-state index < -0.39 is 0 Å². The van der Waals surface area contributed by atoms with Crippen LogP contribution in [0.5, 0.6) is 0 Å². The molecule has 0 amide bonds. The third-order valence-corrected chi connectivity index (χ3v) is 3.16. The van der Waals surface area contributed by atoms with E-state index >= 15 is 0 Å². The third kappa shape index (κ3) is 1.77. The molecule has 2 heterocycles. The Morgan fingerprint density at radius 1 is 1.57 bits per heavy atom. The minimum absolute atomic E-state index is 0.0862. The van der Waals surface area contributed by atoms with Crippen molar-refractivity contribution >= 4 is 5.97 Å². The number of rotatable bonds is 1. The molecular weight excluding hydrogens is 182 g/mol. The molecule has 1 N–H and O–H groups in total. The largest absolute Gasteiger partial charge is 0.467 e. The van der Waals surface area contributed by atoms with Crippen molar-refractivity contribution in [3.8, 4) is 0 Å². The van der Waals surface area contributed by atoms with Crippen molar-refractivity contribution in [2.24, 2.45) is 0 Å². The van der Waals surface area contributed by atoms with Crippen LogP contribution in [0.2, 0.25) is 0 Å². The molecule has 0 radical (unpaired) electrons. The fraction of sp³-hybridized carbons (Fsp3) is 0.900. The number of carbonyl (C=O) groups is 1. The van der Waals surface area contributed by atoms with Gasteiger partial charge in [0.25, 0.3) is 0 Å². The molecule has 2 aliphatic heterocycles. The molecule has 0 aliphatic carbocycles. The van der Waals surface area contributed by atoms with Crippen molar-refractivity contribution in [1.29, 1.82) is 0 Å². The van der Waals surface area contributed by atoms with Gasteiger partial charge in [-0.2, -0.15) is 0 Å².